The molecule has 5 amide bonds. The van der Waals surface area contributed by atoms with Crippen molar-refractivity contribution in [1.82, 2.24) is 26.6 Å². The molecule has 0 radical (unpaired) electrons. The zero-order valence-electron chi connectivity index (χ0n) is 37.6. The van der Waals surface area contributed by atoms with E-state index in [0.29, 0.717) is 77.4 Å². The molecule has 0 aliphatic heterocycles. The second kappa shape index (κ2) is 37.0. The summed E-state index contributed by atoms with van der Waals surface area (Å²) < 4.78 is 0. The van der Waals surface area contributed by atoms with Gasteiger partial charge in [0.05, 0.1) is 0 Å². The third-order valence-corrected chi connectivity index (χ3v) is 10.2. The number of aliphatic carboxylic acids is 1. The minimum absolute atomic E-state index is 0.00333. The highest BCUT2D eigenvalue weighted by Gasteiger charge is 2.31. The summed E-state index contributed by atoms with van der Waals surface area (Å²) in [5, 5.41) is 23.2. The van der Waals surface area contributed by atoms with Gasteiger partial charge in [-0.1, -0.05) is 77.2 Å². The van der Waals surface area contributed by atoms with Crippen LogP contribution in [0.3, 0.4) is 0 Å². The highest BCUT2D eigenvalue weighted by molar-refractivity contribution is 5.95. The number of hydrogen-bond donors (Lipinski definition) is 9. The van der Waals surface area contributed by atoms with Crippen molar-refractivity contribution < 1.29 is 33.9 Å². The normalized spacial score (nSPS) is 14.1. The lowest BCUT2D eigenvalue weighted by Gasteiger charge is -2.26. The molecular formula is C45H84N8O7. The largest absolute Gasteiger partial charge is 0.480 e. The first-order valence-electron chi connectivity index (χ1n) is 22.9. The fourth-order valence-electron chi connectivity index (χ4n) is 6.56. The molecule has 0 spiro atoms. The van der Waals surface area contributed by atoms with Crippen molar-refractivity contribution in [2.24, 2.45) is 23.1 Å². The van der Waals surface area contributed by atoms with Crippen LogP contribution in [0.15, 0.2) is 24.3 Å². The standard InChI is InChI=1S/C45H84N8O7/c1-5-6-7-8-9-10-11-12-13-14-15-16-17-18-19-29-40(54)50-36(26-20-23-30-46)42(56)53-39(33-34(2)3)44(58)49-35(4)41(55)51-37(27-21-24-31-47)43(57)52-38(45(59)60)28-22-25-32-48/h9-10,12-13,34-39H,5-8,11,14-33,46-48H2,1-4H3,(H,49,58)(H,50,54)(H,51,55)(H,52,57)(H,53,56)(H,59,60)/b10-9-,13-12-/t35-,36-,37-,38-,39-/m0/s1. The molecule has 5 atom stereocenters. The number of hydrogen-bond acceptors (Lipinski definition) is 9. The van der Waals surface area contributed by atoms with Gasteiger partial charge in [-0.3, -0.25) is 24.0 Å². The van der Waals surface area contributed by atoms with Gasteiger partial charge in [0.25, 0.3) is 0 Å². The van der Waals surface area contributed by atoms with E-state index >= 15 is 0 Å². The Balaban J connectivity index is 5.30. The Bertz CT molecular complexity index is 1260. The van der Waals surface area contributed by atoms with Crippen LogP contribution in [0.4, 0.5) is 0 Å². The molecule has 0 rings (SSSR count). The number of amides is 5. The Morgan fingerprint density at radius 1 is 0.500 bits per heavy atom. The maximum absolute atomic E-state index is 13.6. The molecule has 0 aromatic rings. The van der Waals surface area contributed by atoms with Crippen molar-refractivity contribution in [2.45, 2.75) is 199 Å². The molecule has 15 heteroatoms. The van der Waals surface area contributed by atoms with Crippen molar-refractivity contribution >= 4 is 35.5 Å². The van der Waals surface area contributed by atoms with Crippen molar-refractivity contribution in [3.05, 3.63) is 24.3 Å². The van der Waals surface area contributed by atoms with Crippen LogP contribution in [0.2, 0.25) is 0 Å². The first-order valence-corrected chi connectivity index (χ1v) is 22.9. The van der Waals surface area contributed by atoms with Crippen molar-refractivity contribution in [3.8, 4) is 0 Å². The van der Waals surface area contributed by atoms with Crippen LogP contribution in [0.5, 0.6) is 0 Å². The van der Waals surface area contributed by atoms with Crippen molar-refractivity contribution in [1.29, 1.82) is 0 Å². The third kappa shape index (κ3) is 29.4. The lowest BCUT2D eigenvalue weighted by Crippen LogP contribution is -2.58. The Morgan fingerprint density at radius 2 is 0.950 bits per heavy atom. The zero-order valence-corrected chi connectivity index (χ0v) is 37.6. The summed E-state index contributed by atoms with van der Waals surface area (Å²) in [4.78, 5) is 78.6. The molecule has 0 aliphatic carbocycles. The van der Waals surface area contributed by atoms with E-state index in [1.54, 1.807) is 0 Å². The minimum Gasteiger partial charge on any atom is -0.480 e. The molecule has 0 heterocycles. The number of carbonyl (C=O) groups is 6. The van der Waals surface area contributed by atoms with E-state index in [0.717, 1.165) is 44.9 Å². The number of nitrogens with two attached hydrogens (primary N) is 3. The van der Waals surface area contributed by atoms with E-state index < -0.39 is 59.8 Å². The van der Waals surface area contributed by atoms with E-state index in [-0.39, 0.29) is 31.1 Å². The molecule has 0 aliphatic rings. The molecule has 0 aromatic heterocycles. The molecular weight excluding hydrogens is 765 g/mol. The molecule has 12 N–H and O–H groups in total. The maximum atomic E-state index is 13.6. The van der Waals surface area contributed by atoms with Gasteiger partial charge in [0, 0.05) is 6.42 Å². The van der Waals surface area contributed by atoms with Gasteiger partial charge in [-0.15, -0.1) is 0 Å². The summed E-state index contributed by atoms with van der Waals surface area (Å²) >= 11 is 0. The van der Waals surface area contributed by atoms with Crippen LogP contribution < -0.4 is 43.8 Å². The average Bonchev–Trinajstić information content (AvgIpc) is 3.20. The van der Waals surface area contributed by atoms with Crippen LogP contribution in [0.1, 0.15) is 169 Å². The van der Waals surface area contributed by atoms with Crippen LogP contribution in [-0.4, -0.2) is 90.5 Å². The first kappa shape index (κ1) is 56.2. The molecule has 0 saturated heterocycles. The van der Waals surface area contributed by atoms with Gasteiger partial charge < -0.3 is 48.9 Å². The van der Waals surface area contributed by atoms with Gasteiger partial charge in [-0.25, -0.2) is 4.79 Å². The van der Waals surface area contributed by atoms with E-state index in [1.807, 2.05) is 13.8 Å². The predicted octanol–water partition coefficient (Wildman–Crippen LogP) is 4.76. The Kier molecular flexibility index (Phi) is 34.6. The SMILES string of the molecule is CCCCC/C=C\C/C=C\CCCCCCCC(=O)N[C@@H](CCCCN)C(=O)N[C@@H](CC(C)C)C(=O)N[C@@H](C)C(=O)N[C@@H](CCCCN)C(=O)N[C@@H](CCCCN)C(=O)O. The summed E-state index contributed by atoms with van der Waals surface area (Å²) in [7, 11) is 0. The number of allylic oxidation sites excluding steroid dienone is 4. The first-order chi connectivity index (χ1) is 28.8. The average molecular weight is 849 g/mol. The lowest BCUT2D eigenvalue weighted by atomic mass is 10.0. The summed E-state index contributed by atoms with van der Waals surface area (Å²) in [6, 6.07) is -5.17. The van der Waals surface area contributed by atoms with Crippen LogP contribution in [0, 0.1) is 5.92 Å². The molecule has 0 saturated carbocycles. The fourth-order valence-corrected chi connectivity index (χ4v) is 6.56. The molecule has 0 fully saturated rings. The second-order valence-electron chi connectivity index (χ2n) is 16.3. The molecule has 60 heavy (non-hydrogen) atoms. The number of carbonyl (C=O) groups excluding carboxylic acids is 5. The number of carboxylic acid groups (broad SMARTS) is 1. The number of nitrogens with one attached hydrogen (secondary N) is 5. The number of rotatable bonds is 38. The minimum atomic E-state index is -1.19. The summed E-state index contributed by atoms with van der Waals surface area (Å²) in [5.74, 6) is -3.80. The Morgan fingerprint density at radius 3 is 1.47 bits per heavy atom. The van der Waals surface area contributed by atoms with Gasteiger partial charge in [0.2, 0.25) is 29.5 Å². The molecule has 15 nitrogen and oxygen atoms in total. The van der Waals surface area contributed by atoms with Gasteiger partial charge in [0.1, 0.15) is 30.2 Å². The van der Waals surface area contributed by atoms with E-state index in [4.69, 9.17) is 17.2 Å². The van der Waals surface area contributed by atoms with Gasteiger partial charge in [0.15, 0.2) is 0 Å². The molecule has 0 bridgehead atoms. The van der Waals surface area contributed by atoms with E-state index in [9.17, 15) is 33.9 Å². The topological polar surface area (TPSA) is 261 Å². The highest BCUT2D eigenvalue weighted by Crippen LogP contribution is 2.12. The number of unbranched alkanes of at least 4 members (excludes halogenated alkanes) is 11. The fraction of sp³-hybridized carbons (Fsp3) is 0.778. The summed E-state index contributed by atoms with van der Waals surface area (Å²) in [6.07, 6.45) is 25.6. The highest BCUT2D eigenvalue weighted by atomic mass is 16.4. The van der Waals surface area contributed by atoms with Gasteiger partial charge in [-0.2, -0.15) is 0 Å². The molecule has 0 aromatic carbocycles. The lowest BCUT2D eigenvalue weighted by molar-refractivity contribution is -0.142. The smallest absolute Gasteiger partial charge is 0.326 e. The van der Waals surface area contributed by atoms with Crippen molar-refractivity contribution in [2.75, 3.05) is 19.6 Å². The second-order valence-corrected chi connectivity index (χ2v) is 16.3. The third-order valence-electron chi connectivity index (χ3n) is 10.2. The maximum Gasteiger partial charge on any atom is 0.326 e. The molecule has 346 valence electrons. The molecule has 0 unspecified atom stereocenters. The number of carboxylic acids is 1. The Labute approximate surface area is 361 Å². The van der Waals surface area contributed by atoms with Crippen molar-refractivity contribution in [3.63, 3.8) is 0 Å². The van der Waals surface area contributed by atoms with Gasteiger partial charge in [-0.05, 0) is 135 Å². The van der Waals surface area contributed by atoms with Crippen LogP contribution in [0.25, 0.3) is 0 Å². The monoisotopic (exact) mass is 849 g/mol. The summed E-state index contributed by atoms with van der Waals surface area (Å²) in [6.45, 7) is 8.70. The predicted molar refractivity (Wildman–Crippen MR) is 240 cm³/mol. The Hall–Kier alpha value is -3.82. The summed E-state index contributed by atoms with van der Waals surface area (Å²) in [5.41, 5.74) is 16.9. The van der Waals surface area contributed by atoms with Crippen LogP contribution >= 0.6 is 0 Å². The van der Waals surface area contributed by atoms with Gasteiger partial charge >= 0.3 is 5.97 Å². The van der Waals surface area contributed by atoms with E-state index in [1.165, 1.54) is 26.2 Å². The van der Waals surface area contributed by atoms with E-state index in [2.05, 4.69) is 57.8 Å². The zero-order chi connectivity index (χ0) is 45.0. The van der Waals surface area contributed by atoms with Crippen LogP contribution in [-0.2, 0) is 28.8 Å². The quantitative estimate of drug-likeness (QED) is 0.0304.